The maximum Gasteiger partial charge on any atom is 0.419 e. The van der Waals surface area contributed by atoms with Crippen LogP contribution in [0, 0.1) is 0 Å². The average molecular weight is 300 g/mol. The minimum atomic E-state index is -0.897. The van der Waals surface area contributed by atoms with Crippen molar-refractivity contribution in [1.29, 1.82) is 0 Å². The molecule has 22 heavy (non-hydrogen) atoms. The first-order valence-corrected chi connectivity index (χ1v) is 6.72. The molecule has 0 saturated heterocycles. The van der Waals surface area contributed by atoms with Crippen LogP contribution in [-0.2, 0) is 0 Å². The van der Waals surface area contributed by atoms with Crippen LogP contribution < -0.4 is 20.1 Å². The maximum absolute atomic E-state index is 12.2. The monoisotopic (exact) mass is 300 g/mol. The first-order valence-electron chi connectivity index (χ1n) is 6.72. The summed E-state index contributed by atoms with van der Waals surface area (Å²) in [5.41, 5.74) is 5.67. The maximum atomic E-state index is 12.2. The summed E-state index contributed by atoms with van der Waals surface area (Å²) in [6.45, 7) is 2.34. The van der Waals surface area contributed by atoms with E-state index >= 15 is 0 Å². The van der Waals surface area contributed by atoms with Gasteiger partial charge in [0.05, 0.1) is 0 Å². The third kappa shape index (κ3) is 3.99. The molecule has 0 saturated carbocycles. The van der Waals surface area contributed by atoms with E-state index in [1.807, 2.05) is 37.3 Å². The average Bonchev–Trinajstić information content (AvgIpc) is 2.50. The lowest BCUT2D eigenvalue weighted by molar-refractivity contribution is 0.206. The van der Waals surface area contributed by atoms with E-state index in [4.69, 9.17) is 15.2 Å². The zero-order valence-electron chi connectivity index (χ0n) is 12.1. The zero-order valence-corrected chi connectivity index (χ0v) is 12.1. The number of hydrogen-bond donors (Lipinski definition) is 1. The summed E-state index contributed by atoms with van der Waals surface area (Å²) in [6.07, 6.45) is -1.39. The largest absolute Gasteiger partial charge is 0.419 e. The van der Waals surface area contributed by atoms with Gasteiger partial charge in [0.2, 0.25) is 0 Å². The fraction of sp³-hybridized carbons (Fsp3) is 0.125. The number of primary amides is 1. The van der Waals surface area contributed by atoms with Crippen molar-refractivity contribution >= 4 is 17.9 Å². The van der Waals surface area contributed by atoms with Crippen molar-refractivity contribution in [3.63, 3.8) is 0 Å². The molecular weight excluding hydrogens is 284 g/mol. The van der Waals surface area contributed by atoms with Gasteiger partial charge in [0.15, 0.2) is 0 Å². The number of rotatable bonds is 4. The van der Waals surface area contributed by atoms with Gasteiger partial charge in [0, 0.05) is 12.2 Å². The van der Waals surface area contributed by atoms with Gasteiger partial charge in [0.1, 0.15) is 11.5 Å². The van der Waals surface area contributed by atoms with Crippen molar-refractivity contribution in [3.05, 3.63) is 54.6 Å². The van der Waals surface area contributed by atoms with Crippen LogP contribution in [0.15, 0.2) is 54.6 Å². The van der Waals surface area contributed by atoms with Crippen molar-refractivity contribution in [2.75, 3.05) is 11.4 Å². The van der Waals surface area contributed by atoms with E-state index in [-0.39, 0.29) is 5.75 Å². The Morgan fingerprint density at radius 2 is 1.50 bits per heavy atom. The van der Waals surface area contributed by atoms with E-state index in [1.165, 1.54) is 29.2 Å². The summed E-state index contributed by atoms with van der Waals surface area (Å²) in [4.78, 5) is 24.3. The van der Waals surface area contributed by atoms with Crippen LogP contribution in [0.2, 0.25) is 0 Å². The predicted octanol–water partition coefficient (Wildman–Crippen LogP) is 3.17. The number of nitrogens with two attached hydrogens (primary N) is 1. The van der Waals surface area contributed by atoms with E-state index in [2.05, 4.69) is 0 Å². The fourth-order valence-corrected chi connectivity index (χ4v) is 1.87. The highest BCUT2D eigenvalue weighted by Crippen LogP contribution is 2.20. The third-order valence-electron chi connectivity index (χ3n) is 2.85. The summed E-state index contributed by atoms with van der Waals surface area (Å²) in [7, 11) is 0. The number of carbonyl (C=O) groups excluding carboxylic acids is 2. The second-order valence-corrected chi connectivity index (χ2v) is 4.34. The lowest BCUT2D eigenvalue weighted by Crippen LogP contribution is -2.33. The minimum Gasteiger partial charge on any atom is -0.411 e. The zero-order chi connectivity index (χ0) is 15.9. The molecule has 6 heteroatoms. The summed E-state index contributed by atoms with van der Waals surface area (Å²) in [5, 5.41) is 0. The highest BCUT2D eigenvalue weighted by molar-refractivity contribution is 5.89. The molecule has 2 rings (SSSR count). The fourth-order valence-electron chi connectivity index (χ4n) is 1.87. The number of carbonyl (C=O) groups is 2. The number of hydrogen-bond acceptors (Lipinski definition) is 4. The quantitative estimate of drug-likeness (QED) is 0.940. The standard InChI is InChI=1S/C16H16N2O4/c1-2-18(12-6-4-3-5-7-12)16(20)22-14-10-8-13(9-11-14)21-15(17)19/h3-11H,2H2,1H3,(H2,17,19). The molecule has 2 N–H and O–H groups in total. The molecule has 2 amide bonds. The van der Waals surface area contributed by atoms with E-state index in [9.17, 15) is 9.59 Å². The molecule has 0 spiro atoms. The van der Waals surface area contributed by atoms with Crippen LogP contribution >= 0.6 is 0 Å². The van der Waals surface area contributed by atoms with Gasteiger partial charge < -0.3 is 15.2 Å². The first-order chi connectivity index (χ1) is 10.6. The molecule has 0 heterocycles. The normalized spacial score (nSPS) is 9.86. The minimum absolute atomic E-state index is 0.280. The van der Waals surface area contributed by atoms with Gasteiger partial charge in [-0.25, -0.2) is 9.59 Å². The van der Waals surface area contributed by atoms with Gasteiger partial charge >= 0.3 is 12.2 Å². The van der Waals surface area contributed by atoms with Crippen molar-refractivity contribution in [2.45, 2.75) is 6.92 Å². The van der Waals surface area contributed by atoms with Crippen molar-refractivity contribution in [2.24, 2.45) is 5.73 Å². The number of para-hydroxylation sites is 1. The van der Waals surface area contributed by atoms with Gasteiger partial charge in [-0.15, -0.1) is 0 Å². The van der Waals surface area contributed by atoms with Gasteiger partial charge in [-0.1, -0.05) is 18.2 Å². The predicted molar refractivity (Wildman–Crippen MR) is 82.1 cm³/mol. The van der Waals surface area contributed by atoms with Gasteiger partial charge in [-0.05, 0) is 43.3 Å². The number of anilines is 1. The highest BCUT2D eigenvalue weighted by atomic mass is 16.6. The molecule has 0 aliphatic rings. The second-order valence-electron chi connectivity index (χ2n) is 4.34. The Morgan fingerprint density at radius 1 is 0.955 bits per heavy atom. The Balaban J connectivity index is 2.05. The number of nitrogens with zero attached hydrogens (tertiary/aromatic N) is 1. The molecule has 0 radical (unpaired) electrons. The van der Waals surface area contributed by atoms with Crippen LogP contribution in [0.4, 0.5) is 15.3 Å². The van der Waals surface area contributed by atoms with E-state index in [0.29, 0.717) is 12.3 Å². The Labute approximate surface area is 128 Å². The third-order valence-corrected chi connectivity index (χ3v) is 2.85. The Bertz CT molecular complexity index is 641. The molecule has 2 aromatic carbocycles. The smallest absolute Gasteiger partial charge is 0.411 e. The van der Waals surface area contributed by atoms with Crippen molar-refractivity contribution < 1.29 is 19.1 Å². The molecule has 0 atom stereocenters. The van der Waals surface area contributed by atoms with E-state index in [1.54, 1.807) is 0 Å². The molecule has 2 aromatic rings. The number of ether oxygens (including phenoxy) is 2. The Kier molecular flexibility index (Phi) is 4.98. The van der Waals surface area contributed by atoms with Gasteiger partial charge in [-0.2, -0.15) is 0 Å². The SMILES string of the molecule is CCN(C(=O)Oc1ccc(OC(N)=O)cc1)c1ccccc1. The lowest BCUT2D eigenvalue weighted by Gasteiger charge is -2.20. The molecule has 114 valence electrons. The number of amides is 2. The second kappa shape index (κ2) is 7.12. The van der Waals surface area contributed by atoms with Gasteiger partial charge in [0.25, 0.3) is 0 Å². The summed E-state index contributed by atoms with van der Waals surface area (Å²) in [5.74, 6) is 0.624. The highest BCUT2D eigenvalue weighted by Gasteiger charge is 2.15. The molecular formula is C16H16N2O4. The van der Waals surface area contributed by atoms with Crippen LogP contribution in [0.5, 0.6) is 11.5 Å². The van der Waals surface area contributed by atoms with Gasteiger partial charge in [-0.3, -0.25) is 4.90 Å². The van der Waals surface area contributed by atoms with Crippen LogP contribution in [0.3, 0.4) is 0 Å². The van der Waals surface area contributed by atoms with Crippen molar-refractivity contribution in [3.8, 4) is 11.5 Å². The van der Waals surface area contributed by atoms with Crippen LogP contribution in [0.1, 0.15) is 6.92 Å². The van der Waals surface area contributed by atoms with E-state index < -0.39 is 12.2 Å². The lowest BCUT2D eigenvalue weighted by atomic mass is 10.3. The topological polar surface area (TPSA) is 81.9 Å². The number of benzene rings is 2. The molecule has 0 aliphatic heterocycles. The molecule has 0 aliphatic carbocycles. The van der Waals surface area contributed by atoms with Crippen LogP contribution in [0.25, 0.3) is 0 Å². The summed E-state index contributed by atoms with van der Waals surface area (Å²) in [6, 6.07) is 15.3. The molecule has 0 fully saturated rings. The molecule has 0 aromatic heterocycles. The molecule has 0 unspecified atom stereocenters. The Morgan fingerprint density at radius 3 is 2.00 bits per heavy atom. The first kappa shape index (κ1) is 15.4. The molecule has 6 nitrogen and oxygen atoms in total. The molecule has 0 bridgehead atoms. The van der Waals surface area contributed by atoms with Crippen molar-refractivity contribution in [1.82, 2.24) is 0 Å². The summed E-state index contributed by atoms with van der Waals surface area (Å²) < 4.78 is 10.00. The van der Waals surface area contributed by atoms with E-state index in [0.717, 1.165) is 5.69 Å². The summed E-state index contributed by atoms with van der Waals surface area (Å²) >= 11 is 0. The van der Waals surface area contributed by atoms with Crippen LogP contribution in [-0.4, -0.2) is 18.7 Å². The Hall–Kier alpha value is -3.02.